The number of ether oxygens (including phenoxy) is 2. The zero-order valence-electron chi connectivity index (χ0n) is 11.6. The van der Waals surface area contributed by atoms with E-state index in [-0.39, 0.29) is 6.04 Å². The predicted molar refractivity (Wildman–Crippen MR) is 81.4 cm³/mol. The Bertz CT molecular complexity index is 567. The van der Waals surface area contributed by atoms with Crippen LogP contribution in [0.5, 0.6) is 11.5 Å². The first-order valence-electron chi connectivity index (χ1n) is 6.41. The quantitative estimate of drug-likeness (QED) is 0.907. The van der Waals surface area contributed by atoms with Gasteiger partial charge in [-0.2, -0.15) is 0 Å². The van der Waals surface area contributed by atoms with Gasteiger partial charge in [-0.1, -0.05) is 29.8 Å². The van der Waals surface area contributed by atoms with Gasteiger partial charge in [0.25, 0.3) is 0 Å². The molecule has 2 aromatic rings. The van der Waals surface area contributed by atoms with E-state index >= 15 is 0 Å². The molecule has 0 amide bonds. The topological polar surface area (TPSA) is 44.5 Å². The van der Waals surface area contributed by atoms with Crippen molar-refractivity contribution in [2.75, 3.05) is 7.11 Å². The second kappa shape index (κ2) is 6.64. The van der Waals surface area contributed by atoms with E-state index in [0.29, 0.717) is 11.6 Å². The Morgan fingerprint density at radius 1 is 1.10 bits per heavy atom. The Kier molecular flexibility index (Phi) is 4.88. The van der Waals surface area contributed by atoms with Gasteiger partial charge in [0.15, 0.2) is 0 Å². The molecule has 4 heteroatoms. The van der Waals surface area contributed by atoms with Gasteiger partial charge in [-0.25, -0.2) is 0 Å². The Balaban J connectivity index is 2.18. The van der Waals surface area contributed by atoms with E-state index in [1.807, 2.05) is 49.4 Å². The molecular weight excluding hydrogens is 274 g/mol. The SMILES string of the molecule is COc1cccc(OCc2ccc(Cl)cc2)c1[C@H](C)N. The summed E-state index contributed by atoms with van der Waals surface area (Å²) in [4.78, 5) is 0. The molecule has 0 aliphatic carbocycles. The van der Waals surface area contributed by atoms with Gasteiger partial charge in [0.05, 0.1) is 12.7 Å². The summed E-state index contributed by atoms with van der Waals surface area (Å²) in [6, 6.07) is 13.1. The third kappa shape index (κ3) is 3.44. The Hall–Kier alpha value is -1.71. The van der Waals surface area contributed by atoms with E-state index in [1.54, 1.807) is 7.11 Å². The molecule has 0 aliphatic rings. The van der Waals surface area contributed by atoms with Crippen molar-refractivity contribution in [3.05, 3.63) is 58.6 Å². The van der Waals surface area contributed by atoms with Gasteiger partial charge in [0, 0.05) is 11.1 Å². The summed E-state index contributed by atoms with van der Waals surface area (Å²) in [5.41, 5.74) is 7.93. The largest absolute Gasteiger partial charge is 0.496 e. The summed E-state index contributed by atoms with van der Waals surface area (Å²) in [5.74, 6) is 1.49. The van der Waals surface area contributed by atoms with Crippen LogP contribution >= 0.6 is 11.6 Å². The number of methoxy groups -OCH3 is 1. The molecule has 0 bridgehead atoms. The molecular formula is C16H18ClNO2. The van der Waals surface area contributed by atoms with Crippen LogP contribution in [0.3, 0.4) is 0 Å². The van der Waals surface area contributed by atoms with Crippen LogP contribution < -0.4 is 15.2 Å². The van der Waals surface area contributed by atoms with Crippen LogP contribution in [-0.2, 0) is 6.61 Å². The van der Waals surface area contributed by atoms with E-state index < -0.39 is 0 Å². The smallest absolute Gasteiger partial charge is 0.128 e. The average Bonchev–Trinajstić information content (AvgIpc) is 2.46. The first-order chi connectivity index (χ1) is 9.61. The molecule has 2 aromatic carbocycles. The summed E-state index contributed by atoms with van der Waals surface area (Å²) in [7, 11) is 1.63. The van der Waals surface area contributed by atoms with Crippen LogP contribution in [0.15, 0.2) is 42.5 Å². The number of benzene rings is 2. The third-order valence-corrected chi connectivity index (χ3v) is 3.26. The van der Waals surface area contributed by atoms with Crippen LogP contribution in [-0.4, -0.2) is 7.11 Å². The van der Waals surface area contributed by atoms with Crippen molar-refractivity contribution in [3.63, 3.8) is 0 Å². The Morgan fingerprint density at radius 3 is 2.35 bits per heavy atom. The van der Waals surface area contributed by atoms with Crippen molar-refractivity contribution in [2.24, 2.45) is 5.73 Å². The number of rotatable bonds is 5. The number of hydrogen-bond acceptors (Lipinski definition) is 3. The average molecular weight is 292 g/mol. The molecule has 0 aromatic heterocycles. The van der Waals surface area contributed by atoms with Gasteiger partial charge >= 0.3 is 0 Å². The molecule has 0 aliphatic heterocycles. The van der Waals surface area contributed by atoms with Crippen LogP contribution in [0.4, 0.5) is 0 Å². The zero-order chi connectivity index (χ0) is 14.5. The van der Waals surface area contributed by atoms with Crippen molar-refractivity contribution < 1.29 is 9.47 Å². The first-order valence-corrected chi connectivity index (χ1v) is 6.79. The lowest BCUT2D eigenvalue weighted by Gasteiger charge is -2.17. The molecule has 0 saturated carbocycles. The normalized spacial score (nSPS) is 12.0. The second-order valence-corrected chi connectivity index (χ2v) is 5.01. The molecule has 0 unspecified atom stereocenters. The lowest BCUT2D eigenvalue weighted by molar-refractivity contribution is 0.297. The third-order valence-electron chi connectivity index (χ3n) is 3.01. The van der Waals surface area contributed by atoms with E-state index in [2.05, 4.69) is 0 Å². The lowest BCUT2D eigenvalue weighted by atomic mass is 10.1. The van der Waals surface area contributed by atoms with E-state index in [1.165, 1.54) is 0 Å². The summed E-state index contributed by atoms with van der Waals surface area (Å²) in [6.45, 7) is 2.37. The predicted octanol–water partition coefficient (Wildman–Crippen LogP) is 3.95. The molecule has 0 spiro atoms. The molecule has 0 fully saturated rings. The van der Waals surface area contributed by atoms with Gasteiger partial charge in [0.2, 0.25) is 0 Å². The number of halogens is 1. The van der Waals surface area contributed by atoms with Crippen molar-refractivity contribution in [1.82, 2.24) is 0 Å². The van der Waals surface area contributed by atoms with Crippen molar-refractivity contribution in [2.45, 2.75) is 19.6 Å². The minimum absolute atomic E-state index is 0.161. The summed E-state index contributed by atoms with van der Waals surface area (Å²) < 4.78 is 11.2. The van der Waals surface area contributed by atoms with Crippen molar-refractivity contribution >= 4 is 11.6 Å². The Morgan fingerprint density at radius 2 is 1.75 bits per heavy atom. The van der Waals surface area contributed by atoms with E-state index in [4.69, 9.17) is 26.8 Å². The molecule has 20 heavy (non-hydrogen) atoms. The van der Waals surface area contributed by atoms with Gasteiger partial charge < -0.3 is 15.2 Å². The maximum absolute atomic E-state index is 6.00. The highest BCUT2D eigenvalue weighted by Gasteiger charge is 2.14. The van der Waals surface area contributed by atoms with Crippen molar-refractivity contribution in [3.8, 4) is 11.5 Å². The minimum atomic E-state index is -0.161. The molecule has 0 saturated heterocycles. The molecule has 0 heterocycles. The van der Waals surface area contributed by atoms with Crippen LogP contribution in [0.2, 0.25) is 5.02 Å². The standard InChI is InChI=1S/C16H18ClNO2/c1-11(18)16-14(19-2)4-3-5-15(16)20-10-12-6-8-13(17)9-7-12/h3-9,11H,10,18H2,1-2H3/t11-/m0/s1. The highest BCUT2D eigenvalue weighted by Crippen LogP contribution is 2.33. The highest BCUT2D eigenvalue weighted by atomic mass is 35.5. The molecule has 3 nitrogen and oxygen atoms in total. The van der Waals surface area contributed by atoms with Crippen LogP contribution in [0.1, 0.15) is 24.1 Å². The minimum Gasteiger partial charge on any atom is -0.496 e. The fourth-order valence-corrected chi connectivity index (χ4v) is 2.14. The molecule has 0 radical (unpaired) electrons. The number of nitrogens with two attached hydrogens (primary N) is 1. The monoisotopic (exact) mass is 291 g/mol. The molecule has 1 atom stereocenters. The second-order valence-electron chi connectivity index (χ2n) is 4.58. The first kappa shape index (κ1) is 14.7. The number of hydrogen-bond donors (Lipinski definition) is 1. The van der Waals surface area contributed by atoms with Crippen LogP contribution in [0, 0.1) is 0 Å². The van der Waals surface area contributed by atoms with Gasteiger partial charge in [-0.15, -0.1) is 0 Å². The Labute approximate surface area is 124 Å². The fraction of sp³-hybridized carbons (Fsp3) is 0.250. The van der Waals surface area contributed by atoms with Crippen molar-refractivity contribution in [1.29, 1.82) is 0 Å². The maximum atomic E-state index is 6.00. The molecule has 106 valence electrons. The fourth-order valence-electron chi connectivity index (χ4n) is 2.02. The van der Waals surface area contributed by atoms with Crippen LogP contribution in [0.25, 0.3) is 0 Å². The maximum Gasteiger partial charge on any atom is 0.128 e. The van der Waals surface area contributed by atoms with E-state index in [0.717, 1.165) is 22.6 Å². The lowest BCUT2D eigenvalue weighted by Crippen LogP contribution is -2.10. The summed E-state index contributed by atoms with van der Waals surface area (Å²) in [5, 5.41) is 0.714. The zero-order valence-corrected chi connectivity index (χ0v) is 12.4. The molecule has 2 N–H and O–H groups in total. The molecule has 2 rings (SSSR count). The van der Waals surface area contributed by atoms with Gasteiger partial charge in [0.1, 0.15) is 18.1 Å². The van der Waals surface area contributed by atoms with E-state index in [9.17, 15) is 0 Å². The summed E-state index contributed by atoms with van der Waals surface area (Å²) >= 11 is 5.86. The van der Waals surface area contributed by atoms with Gasteiger partial charge in [-0.05, 0) is 36.8 Å². The summed E-state index contributed by atoms with van der Waals surface area (Å²) in [6.07, 6.45) is 0. The van der Waals surface area contributed by atoms with Gasteiger partial charge in [-0.3, -0.25) is 0 Å². The highest BCUT2D eigenvalue weighted by molar-refractivity contribution is 6.30.